The summed E-state index contributed by atoms with van der Waals surface area (Å²) in [5.74, 6) is 0. The molecule has 0 radical (unpaired) electrons. The van der Waals surface area contributed by atoms with E-state index in [1.807, 2.05) is 6.07 Å². The number of anilines is 2. The van der Waals surface area contributed by atoms with Crippen molar-refractivity contribution < 1.29 is 4.42 Å². The molecule has 2 aromatic heterocycles. The first kappa shape index (κ1) is 35.1. The molecule has 0 amide bonds. The van der Waals surface area contributed by atoms with Gasteiger partial charge in [-0.3, -0.25) is 0 Å². The smallest absolute Gasteiger partial charge is 0.143 e. The molecule has 1 aliphatic carbocycles. The van der Waals surface area contributed by atoms with Crippen molar-refractivity contribution in [3.05, 3.63) is 230 Å². The zero-order valence-electron chi connectivity index (χ0n) is 33.4. The second kappa shape index (κ2) is 14.4. The van der Waals surface area contributed by atoms with E-state index in [0.29, 0.717) is 0 Å². The van der Waals surface area contributed by atoms with Crippen LogP contribution in [0.25, 0.3) is 88.0 Å². The summed E-state index contributed by atoms with van der Waals surface area (Å²) in [5.41, 5.74) is 14.8. The van der Waals surface area contributed by atoms with Crippen LogP contribution in [0.5, 0.6) is 0 Å². The van der Waals surface area contributed by atoms with Gasteiger partial charge in [-0.2, -0.15) is 0 Å². The highest BCUT2D eigenvalue weighted by atomic mass is 16.3. The van der Waals surface area contributed by atoms with Crippen molar-refractivity contribution in [2.75, 3.05) is 4.90 Å². The Morgan fingerprint density at radius 2 is 1.05 bits per heavy atom. The third kappa shape index (κ3) is 5.81. The number of allylic oxidation sites excluding steroid dienone is 2. The Morgan fingerprint density at radius 3 is 1.84 bits per heavy atom. The van der Waals surface area contributed by atoms with Crippen LogP contribution in [0.4, 0.5) is 11.4 Å². The lowest BCUT2D eigenvalue weighted by atomic mass is 9.93. The second-order valence-corrected chi connectivity index (χ2v) is 15.9. The molecule has 1 atom stereocenters. The van der Waals surface area contributed by atoms with Crippen molar-refractivity contribution in [3.63, 3.8) is 0 Å². The molecule has 0 fully saturated rings. The number of aromatic nitrogens is 1. The van der Waals surface area contributed by atoms with Gasteiger partial charge in [0.15, 0.2) is 0 Å². The van der Waals surface area contributed by atoms with Gasteiger partial charge in [-0.1, -0.05) is 182 Å². The van der Waals surface area contributed by atoms with Gasteiger partial charge in [-0.25, -0.2) is 0 Å². The van der Waals surface area contributed by atoms with Gasteiger partial charge in [0.05, 0.1) is 22.8 Å². The van der Waals surface area contributed by atoms with E-state index >= 15 is 0 Å². The number of furan rings is 1. The maximum absolute atomic E-state index is 6.64. The molecule has 61 heavy (non-hydrogen) atoms. The van der Waals surface area contributed by atoms with Crippen LogP contribution < -0.4 is 4.90 Å². The molecule has 0 saturated carbocycles. The lowest BCUT2D eigenvalue weighted by molar-refractivity contribution is 0.670. The number of rotatable bonds is 7. The Hall–Kier alpha value is -7.88. The highest BCUT2D eigenvalue weighted by molar-refractivity contribution is 6.11. The molecule has 1 aliphatic rings. The van der Waals surface area contributed by atoms with Gasteiger partial charge in [0.1, 0.15) is 11.2 Å². The summed E-state index contributed by atoms with van der Waals surface area (Å²) in [6.45, 7) is 0. The van der Waals surface area contributed by atoms with Crippen LogP contribution in [0.1, 0.15) is 12.0 Å². The van der Waals surface area contributed by atoms with Crippen LogP contribution in [0.15, 0.2) is 229 Å². The van der Waals surface area contributed by atoms with Crippen molar-refractivity contribution >= 4 is 71.5 Å². The molecule has 2 heterocycles. The topological polar surface area (TPSA) is 21.3 Å². The maximum atomic E-state index is 6.64. The molecule has 12 rings (SSSR count). The van der Waals surface area contributed by atoms with Gasteiger partial charge in [0.2, 0.25) is 0 Å². The third-order valence-electron chi connectivity index (χ3n) is 12.5. The average molecular weight is 781 g/mol. The summed E-state index contributed by atoms with van der Waals surface area (Å²) < 4.78 is 9.07. The van der Waals surface area contributed by atoms with E-state index in [0.717, 1.165) is 50.9 Å². The summed E-state index contributed by atoms with van der Waals surface area (Å²) in [5, 5.41) is 7.29. The number of hydrogen-bond acceptors (Lipinski definition) is 2. The van der Waals surface area contributed by atoms with Gasteiger partial charge in [0, 0.05) is 49.6 Å². The largest absolute Gasteiger partial charge is 0.455 e. The van der Waals surface area contributed by atoms with E-state index in [4.69, 9.17) is 4.42 Å². The Bertz CT molecular complexity index is 3470. The molecule has 288 valence electrons. The average Bonchev–Trinajstić information content (AvgIpc) is 3.88. The number of fused-ring (bicyclic) bond motifs is 7. The number of para-hydroxylation sites is 6. The van der Waals surface area contributed by atoms with E-state index in [-0.39, 0.29) is 6.04 Å². The van der Waals surface area contributed by atoms with Crippen molar-refractivity contribution in [2.24, 2.45) is 0 Å². The van der Waals surface area contributed by atoms with Gasteiger partial charge in [-0.05, 0) is 76.4 Å². The van der Waals surface area contributed by atoms with Crippen LogP contribution in [-0.2, 0) is 0 Å². The molecule has 1 unspecified atom stereocenters. The van der Waals surface area contributed by atoms with E-state index in [1.54, 1.807) is 0 Å². The first-order valence-corrected chi connectivity index (χ1v) is 21.1. The Balaban J connectivity index is 0.981. The summed E-state index contributed by atoms with van der Waals surface area (Å²) in [6.07, 6.45) is 7.98. The fourth-order valence-corrected chi connectivity index (χ4v) is 9.75. The van der Waals surface area contributed by atoms with E-state index in [9.17, 15) is 0 Å². The summed E-state index contributed by atoms with van der Waals surface area (Å²) in [6, 6.07) is 74.4. The first-order valence-electron chi connectivity index (χ1n) is 21.1. The molecule has 3 heteroatoms. The lowest BCUT2D eigenvalue weighted by Gasteiger charge is -2.35. The summed E-state index contributed by atoms with van der Waals surface area (Å²) >= 11 is 0. The minimum atomic E-state index is 0.0450. The zero-order chi connectivity index (χ0) is 40.3. The Morgan fingerprint density at radius 1 is 0.459 bits per heavy atom. The SMILES string of the molecule is C1=CC(N(c2ccc(-c3cccc4ccccc34)cc2)c2ccccc2-c2cccc3c2oc2ccccc23)CC=C1c1ccccc1-n1c2ccccc2c2ccccc21. The van der Waals surface area contributed by atoms with Crippen LogP contribution in [0.2, 0.25) is 0 Å². The number of hydrogen-bond donors (Lipinski definition) is 0. The Kier molecular flexibility index (Phi) is 8.31. The second-order valence-electron chi connectivity index (χ2n) is 15.9. The molecule has 0 spiro atoms. The predicted molar refractivity (Wildman–Crippen MR) is 257 cm³/mol. The molecular formula is C58H40N2O. The van der Waals surface area contributed by atoms with Crippen LogP contribution in [0.3, 0.4) is 0 Å². The maximum Gasteiger partial charge on any atom is 0.143 e. The van der Waals surface area contributed by atoms with E-state index < -0.39 is 0 Å². The van der Waals surface area contributed by atoms with Gasteiger partial charge in [-0.15, -0.1) is 0 Å². The molecule has 9 aromatic carbocycles. The highest BCUT2D eigenvalue weighted by Gasteiger charge is 2.26. The van der Waals surface area contributed by atoms with Crippen LogP contribution in [0, 0.1) is 0 Å². The molecular weight excluding hydrogens is 741 g/mol. The number of benzene rings is 9. The molecule has 0 saturated heterocycles. The lowest BCUT2D eigenvalue weighted by Crippen LogP contribution is -2.30. The third-order valence-corrected chi connectivity index (χ3v) is 12.5. The van der Waals surface area contributed by atoms with Crippen molar-refractivity contribution in [1.82, 2.24) is 4.57 Å². The fraction of sp³-hybridized carbons (Fsp3) is 0.0345. The monoisotopic (exact) mass is 780 g/mol. The minimum absolute atomic E-state index is 0.0450. The molecule has 0 bridgehead atoms. The highest BCUT2D eigenvalue weighted by Crippen LogP contribution is 2.44. The number of nitrogens with zero attached hydrogens (tertiary/aromatic N) is 2. The fourth-order valence-electron chi connectivity index (χ4n) is 9.75. The van der Waals surface area contributed by atoms with Crippen molar-refractivity contribution in [1.29, 1.82) is 0 Å². The van der Waals surface area contributed by atoms with Crippen LogP contribution >= 0.6 is 0 Å². The quantitative estimate of drug-likeness (QED) is 0.161. The molecule has 3 nitrogen and oxygen atoms in total. The molecule has 0 N–H and O–H groups in total. The van der Waals surface area contributed by atoms with Gasteiger partial charge >= 0.3 is 0 Å². The van der Waals surface area contributed by atoms with Crippen molar-refractivity contribution in [2.45, 2.75) is 12.5 Å². The molecule has 0 aliphatic heterocycles. The Labute approximate surface area is 354 Å². The predicted octanol–water partition coefficient (Wildman–Crippen LogP) is 15.7. The van der Waals surface area contributed by atoms with E-state index in [2.05, 4.69) is 228 Å². The van der Waals surface area contributed by atoms with Crippen molar-refractivity contribution in [3.8, 4) is 27.9 Å². The molecule has 11 aromatic rings. The first-order chi connectivity index (χ1) is 30.3. The van der Waals surface area contributed by atoms with E-state index in [1.165, 1.54) is 60.5 Å². The zero-order valence-corrected chi connectivity index (χ0v) is 33.4. The van der Waals surface area contributed by atoms with Crippen LogP contribution in [-0.4, -0.2) is 10.6 Å². The van der Waals surface area contributed by atoms with Gasteiger partial charge in [0.25, 0.3) is 0 Å². The van der Waals surface area contributed by atoms with Gasteiger partial charge < -0.3 is 13.9 Å². The minimum Gasteiger partial charge on any atom is -0.455 e. The normalized spacial score (nSPS) is 14.0. The summed E-state index contributed by atoms with van der Waals surface area (Å²) in [7, 11) is 0. The standard InChI is InChI=1S/C58H40N2O/c1-2-17-44-39(15-1)16-13-23-45(44)40-31-35-42(36-32-40)59(54-27-9-6-21-49(54)51-24-14-25-52-50-22-7-12-30-57(50)61-58(51)52)43-37-33-41(34-38-43)46-18-3-8-26-53(46)60-55-28-10-4-19-47(55)48-20-5-11-29-56(48)60/h1-37,43H,38H2. The summed E-state index contributed by atoms with van der Waals surface area (Å²) in [4.78, 5) is 2.52.